The summed E-state index contributed by atoms with van der Waals surface area (Å²) in [5.41, 5.74) is 1.15. The van der Waals surface area contributed by atoms with Crippen LogP contribution in [0.15, 0.2) is 29.1 Å². The zero-order chi connectivity index (χ0) is 14.7. The molecule has 5 nitrogen and oxygen atoms in total. The Morgan fingerprint density at radius 1 is 1.35 bits per heavy atom. The fourth-order valence-electron chi connectivity index (χ4n) is 2.09. The number of aromatic nitrogens is 1. The van der Waals surface area contributed by atoms with Crippen LogP contribution in [0.4, 0.5) is 0 Å². The van der Waals surface area contributed by atoms with Crippen LogP contribution < -0.4 is 10.3 Å². The number of aromatic amines is 1. The van der Waals surface area contributed by atoms with Gasteiger partial charge in [0, 0.05) is 29.9 Å². The molecule has 20 heavy (non-hydrogen) atoms. The number of carbonyl (C=O) groups excluding carboxylic acids is 1. The van der Waals surface area contributed by atoms with Gasteiger partial charge in [0.2, 0.25) is 5.91 Å². The van der Waals surface area contributed by atoms with Crippen molar-refractivity contribution in [2.75, 3.05) is 14.2 Å². The molecule has 0 aliphatic carbocycles. The minimum absolute atomic E-state index is 0.00939. The van der Waals surface area contributed by atoms with Crippen LogP contribution in [0.1, 0.15) is 18.9 Å². The molecule has 1 aromatic heterocycles. The summed E-state index contributed by atoms with van der Waals surface area (Å²) in [6.07, 6.45) is 0.426. The molecule has 0 spiro atoms. The SMILES string of the molecule is CCC(=O)N(C)Cc1cc2cc(OC)ccc2[nH]c1=O. The van der Waals surface area contributed by atoms with Gasteiger partial charge >= 0.3 is 0 Å². The normalized spacial score (nSPS) is 10.6. The summed E-state index contributed by atoms with van der Waals surface area (Å²) in [5.74, 6) is 0.739. The van der Waals surface area contributed by atoms with Crippen LogP contribution in [0.5, 0.6) is 5.75 Å². The van der Waals surface area contributed by atoms with E-state index in [4.69, 9.17) is 4.74 Å². The Kier molecular flexibility index (Phi) is 4.08. The highest BCUT2D eigenvalue weighted by Crippen LogP contribution is 2.19. The van der Waals surface area contributed by atoms with Crippen molar-refractivity contribution in [2.45, 2.75) is 19.9 Å². The van der Waals surface area contributed by atoms with Crippen molar-refractivity contribution < 1.29 is 9.53 Å². The molecule has 5 heteroatoms. The molecular formula is C15H18N2O3. The molecule has 0 bridgehead atoms. The third-order valence-corrected chi connectivity index (χ3v) is 3.26. The average molecular weight is 274 g/mol. The van der Waals surface area contributed by atoms with E-state index in [9.17, 15) is 9.59 Å². The molecule has 0 fully saturated rings. The first kappa shape index (κ1) is 14.1. The largest absolute Gasteiger partial charge is 0.497 e. The van der Waals surface area contributed by atoms with E-state index in [0.717, 1.165) is 16.7 Å². The van der Waals surface area contributed by atoms with Crippen molar-refractivity contribution in [1.82, 2.24) is 9.88 Å². The standard InChI is InChI=1S/C15H18N2O3/c1-4-14(18)17(2)9-11-7-10-8-12(20-3)5-6-13(10)16-15(11)19/h5-8H,4,9H2,1-3H3,(H,16,19). The molecule has 0 saturated heterocycles. The molecule has 0 aliphatic heterocycles. The number of hydrogen-bond donors (Lipinski definition) is 1. The van der Waals surface area contributed by atoms with E-state index < -0.39 is 0 Å². The van der Waals surface area contributed by atoms with Gasteiger partial charge in [-0.3, -0.25) is 9.59 Å². The highest BCUT2D eigenvalue weighted by atomic mass is 16.5. The van der Waals surface area contributed by atoms with Gasteiger partial charge < -0.3 is 14.6 Å². The molecule has 1 N–H and O–H groups in total. The first-order valence-electron chi connectivity index (χ1n) is 6.49. The molecule has 2 rings (SSSR count). The minimum Gasteiger partial charge on any atom is -0.497 e. The second-order valence-corrected chi connectivity index (χ2v) is 4.68. The first-order chi connectivity index (χ1) is 9.55. The van der Waals surface area contributed by atoms with Gasteiger partial charge in [-0.05, 0) is 24.3 Å². The molecule has 0 unspecified atom stereocenters. The van der Waals surface area contributed by atoms with Crippen LogP contribution in [0.3, 0.4) is 0 Å². The highest BCUT2D eigenvalue weighted by Gasteiger charge is 2.10. The lowest BCUT2D eigenvalue weighted by Gasteiger charge is -2.16. The molecule has 0 saturated carbocycles. The van der Waals surface area contributed by atoms with E-state index in [1.165, 1.54) is 0 Å². The number of fused-ring (bicyclic) bond motifs is 1. The predicted octanol–water partition coefficient (Wildman–Crippen LogP) is 1.91. The van der Waals surface area contributed by atoms with Crippen molar-refractivity contribution in [3.05, 3.63) is 40.2 Å². The maximum atomic E-state index is 12.0. The van der Waals surface area contributed by atoms with Gasteiger partial charge in [-0.25, -0.2) is 0 Å². The lowest BCUT2D eigenvalue weighted by Crippen LogP contribution is -2.28. The monoisotopic (exact) mass is 274 g/mol. The van der Waals surface area contributed by atoms with Crippen molar-refractivity contribution >= 4 is 16.8 Å². The van der Waals surface area contributed by atoms with E-state index in [1.54, 1.807) is 44.2 Å². The second kappa shape index (κ2) is 5.77. The van der Waals surface area contributed by atoms with Crippen LogP contribution in [0.25, 0.3) is 10.9 Å². The quantitative estimate of drug-likeness (QED) is 0.926. The van der Waals surface area contributed by atoms with Crippen LogP contribution in [0, 0.1) is 0 Å². The number of carbonyl (C=O) groups is 1. The number of pyridine rings is 1. The molecule has 0 atom stereocenters. The fourth-order valence-corrected chi connectivity index (χ4v) is 2.09. The number of rotatable bonds is 4. The number of H-pyrrole nitrogens is 1. The zero-order valence-corrected chi connectivity index (χ0v) is 11.9. The molecule has 2 aromatic rings. The lowest BCUT2D eigenvalue weighted by atomic mass is 10.1. The third kappa shape index (κ3) is 2.82. The number of amides is 1. The third-order valence-electron chi connectivity index (χ3n) is 3.26. The van der Waals surface area contributed by atoms with Gasteiger partial charge in [-0.2, -0.15) is 0 Å². The topological polar surface area (TPSA) is 62.4 Å². The smallest absolute Gasteiger partial charge is 0.253 e. The van der Waals surface area contributed by atoms with Crippen LogP contribution in [-0.4, -0.2) is 29.9 Å². The minimum atomic E-state index is -0.168. The van der Waals surface area contributed by atoms with Crippen molar-refractivity contribution in [3.63, 3.8) is 0 Å². The number of methoxy groups -OCH3 is 1. The van der Waals surface area contributed by atoms with Crippen LogP contribution in [-0.2, 0) is 11.3 Å². The van der Waals surface area contributed by atoms with Crippen LogP contribution >= 0.6 is 0 Å². The number of ether oxygens (including phenoxy) is 1. The zero-order valence-electron chi connectivity index (χ0n) is 11.9. The van der Waals surface area contributed by atoms with Crippen molar-refractivity contribution in [2.24, 2.45) is 0 Å². The van der Waals surface area contributed by atoms with Gasteiger partial charge in [-0.15, -0.1) is 0 Å². The van der Waals surface area contributed by atoms with E-state index in [0.29, 0.717) is 18.5 Å². The Morgan fingerprint density at radius 2 is 2.10 bits per heavy atom. The summed E-state index contributed by atoms with van der Waals surface area (Å²) in [6.45, 7) is 2.10. The van der Waals surface area contributed by atoms with Crippen molar-refractivity contribution in [3.8, 4) is 5.75 Å². The Bertz CT molecular complexity index is 691. The Hall–Kier alpha value is -2.30. The van der Waals surface area contributed by atoms with Gasteiger partial charge in [-0.1, -0.05) is 6.92 Å². The summed E-state index contributed by atoms with van der Waals surface area (Å²) in [4.78, 5) is 28.0. The molecule has 1 amide bonds. The average Bonchev–Trinajstić information content (AvgIpc) is 2.46. The molecule has 106 valence electrons. The number of hydrogen-bond acceptors (Lipinski definition) is 3. The first-order valence-corrected chi connectivity index (χ1v) is 6.49. The molecule has 0 radical (unpaired) electrons. The lowest BCUT2D eigenvalue weighted by molar-refractivity contribution is -0.130. The molecule has 1 heterocycles. The summed E-state index contributed by atoms with van der Waals surface area (Å²) in [6, 6.07) is 7.26. The number of nitrogens with one attached hydrogen (secondary N) is 1. The van der Waals surface area contributed by atoms with Crippen LogP contribution in [0.2, 0.25) is 0 Å². The van der Waals surface area contributed by atoms with E-state index in [-0.39, 0.29) is 11.5 Å². The summed E-state index contributed by atoms with van der Waals surface area (Å²) < 4.78 is 5.17. The molecular weight excluding hydrogens is 256 g/mol. The fraction of sp³-hybridized carbons (Fsp3) is 0.333. The summed E-state index contributed by atoms with van der Waals surface area (Å²) >= 11 is 0. The van der Waals surface area contributed by atoms with Gasteiger partial charge in [0.25, 0.3) is 5.56 Å². The Morgan fingerprint density at radius 3 is 2.75 bits per heavy atom. The molecule has 0 aliphatic rings. The van der Waals surface area contributed by atoms with Gasteiger partial charge in [0.05, 0.1) is 13.7 Å². The van der Waals surface area contributed by atoms with Crippen molar-refractivity contribution in [1.29, 1.82) is 0 Å². The molecule has 1 aromatic carbocycles. The predicted molar refractivity (Wildman–Crippen MR) is 77.9 cm³/mol. The maximum absolute atomic E-state index is 12.0. The second-order valence-electron chi connectivity index (χ2n) is 4.68. The number of benzene rings is 1. The Labute approximate surface area is 117 Å². The van der Waals surface area contributed by atoms with Gasteiger partial charge in [0.15, 0.2) is 0 Å². The van der Waals surface area contributed by atoms with E-state index >= 15 is 0 Å². The summed E-state index contributed by atoms with van der Waals surface area (Å²) in [7, 11) is 3.29. The van der Waals surface area contributed by atoms with E-state index in [2.05, 4.69) is 4.98 Å². The highest BCUT2D eigenvalue weighted by molar-refractivity contribution is 5.81. The Balaban J connectivity index is 2.40. The maximum Gasteiger partial charge on any atom is 0.253 e. The van der Waals surface area contributed by atoms with Gasteiger partial charge in [0.1, 0.15) is 5.75 Å². The summed E-state index contributed by atoms with van der Waals surface area (Å²) in [5, 5.41) is 0.885. The van der Waals surface area contributed by atoms with E-state index in [1.807, 2.05) is 6.07 Å². The number of nitrogens with zero attached hydrogens (tertiary/aromatic N) is 1.